The predicted molar refractivity (Wildman–Crippen MR) is 113 cm³/mol. The number of aliphatic carboxylic acids is 1. The van der Waals surface area contributed by atoms with Crippen LogP contribution in [0.1, 0.15) is 49.7 Å². The van der Waals surface area contributed by atoms with Crippen LogP contribution >= 0.6 is 0 Å². The number of hydrogen-bond acceptors (Lipinski definition) is 8. The van der Waals surface area contributed by atoms with Crippen LogP contribution in [0.2, 0.25) is 0 Å². The molecule has 1 aromatic carbocycles. The molecule has 9 nitrogen and oxygen atoms in total. The van der Waals surface area contributed by atoms with Crippen LogP contribution in [0.4, 0.5) is 0 Å². The molecule has 3 aliphatic carbocycles. The maximum Gasteiger partial charge on any atom is 0.335 e. The summed E-state index contributed by atoms with van der Waals surface area (Å²) in [5.74, 6) is -0.367. The van der Waals surface area contributed by atoms with Crippen molar-refractivity contribution in [2.75, 3.05) is 0 Å². The number of aliphatic hydroxyl groups excluding tert-OH is 4. The van der Waals surface area contributed by atoms with Crippen molar-refractivity contribution in [3.8, 4) is 5.75 Å². The topological polar surface area (TPSA) is 157 Å². The largest absolute Gasteiger partial charge is 0.508 e. The lowest BCUT2D eigenvalue weighted by molar-refractivity contribution is -0.309. The van der Waals surface area contributed by atoms with Crippen molar-refractivity contribution in [2.45, 2.75) is 87.9 Å². The molecule has 0 spiro atoms. The van der Waals surface area contributed by atoms with Crippen molar-refractivity contribution in [3.05, 3.63) is 29.3 Å². The number of phenols is 1. The van der Waals surface area contributed by atoms with Crippen LogP contribution in [-0.4, -0.2) is 79.5 Å². The monoisotopic (exact) mass is 464 g/mol. The fraction of sp³-hybridized carbons (Fsp3) is 0.708. The summed E-state index contributed by atoms with van der Waals surface area (Å²) in [6, 6.07) is 5.58. The van der Waals surface area contributed by atoms with Gasteiger partial charge < -0.3 is 40.1 Å². The number of hydrogen-bond donors (Lipinski definition) is 6. The lowest BCUT2D eigenvalue weighted by Gasteiger charge is -2.49. The third-order valence-electron chi connectivity index (χ3n) is 8.78. The summed E-state index contributed by atoms with van der Waals surface area (Å²) in [7, 11) is 0. The summed E-state index contributed by atoms with van der Waals surface area (Å²) in [6.07, 6.45) is -5.89. The summed E-state index contributed by atoms with van der Waals surface area (Å²) in [5.41, 5.74) is 2.04. The van der Waals surface area contributed by atoms with Crippen LogP contribution in [-0.2, 0) is 20.7 Å². The van der Waals surface area contributed by atoms with Gasteiger partial charge in [-0.1, -0.05) is 13.0 Å². The van der Waals surface area contributed by atoms with Crippen molar-refractivity contribution in [1.82, 2.24) is 0 Å². The van der Waals surface area contributed by atoms with E-state index in [0.29, 0.717) is 18.3 Å². The average Bonchev–Trinajstić information content (AvgIpc) is 3.03. The predicted octanol–water partition coefficient (Wildman–Crippen LogP) is 0.496. The molecule has 11 atom stereocenters. The summed E-state index contributed by atoms with van der Waals surface area (Å²) in [6.45, 7) is 2.06. The van der Waals surface area contributed by atoms with Crippen LogP contribution in [0, 0.1) is 17.3 Å². The highest BCUT2D eigenvalue weighted by Gasteiger charge is 2.59. The van der Waals surface area contributed by atoms with E-state index in [-0.39, 0.29) is 11.7 Å². The fourth-order valence-electron chi connectivity index (χ4n) is 7.00. The molecule has 5 rings (SSSR count). The molecular weight excluding hydrogens is 432 g/mol. The number of aliphatic hydroxyl groups is 4. The molecule has 1 saturated heterocycles. The lowest BCUT2D eigenvalue weighted by Crippen LogP contribution is -2.61. The highest BCUT2D eigenvalue weighted by Crippen LogP contribution is 2.61. The van der Waals surface area contributed by atoms with E-state index in [1.807, 2.05) is 12.1 Å². The second kappa shape index (κ2) is 8.18. The molecule has 0 radical (unpaired) electrons. The highest BCUT2D eigenvalue weighted by atomic mass is 16.7. The van der Waals surface area contributed by atoms with Crippen molar-refractivity contribution in [1.29, 1.82) is 0 Å². The number of ether oxygens (including phenoxy) is 2. The molecule has 1 unspecified atom stereocenters. The van der Waals surface area contributed by atoms with Crippen molar-refractivity contribution in [3.63, 3.8) is 0 Å². The molecule has 182 valence electrons. The zero-order valence-electron chi connectivity index (χ0n) is 18.4. The van der Waals surface area contributed by atoms with Gasteiger partial charge in [-0.15, -0.1) is 0 Å². The Balaban J connectivity index is 1.36. The number of aryl methyl sites for hydroxylation is 1. The van der Waals surface area contributed by atoms with Gasteiger partial charge in [-0.05, 0) is 78.5 Å². The molecule has 3 fully saturated rings. The Morgan fingerprint density at radius 1 is 1.12 bits per heavy atom. The van der Waals surface area contributed by atoms with Crippen LogP contribution < -0.4 is 0 Å². The van der Waals surface area contributed by atoms with Gasteiger partial charge in [-0.3, -0.25) is 0 Å². The Kier molecular flexibility index (Phi) is 5.70. The smallest absolute Gasteiger partial charge is 0.335 e. The normalized spacial score (nSPS) is 46.8. The molecule has 1 heterocycles. The molecule has 9 heteroatoms. The Hall–Kier alpha value is -1.75. The molecule has 0 amide bonds. The molecule has 0 aromatic heterocycles. The Morgan fingerprint density at radius 2 is 1.88 bits per heavy atom. The first kappa shape index (κ1) is 23.0. The van der Waals surface area contributed by atoms with Crippen molar-refractivity contribution in [2.24, 2.45) is 17.3 Å². The number of carboxylic acid groups (broad SMARTS) is 1. The van der Waals surface area contributed by atoms with Gasteiger partial charge in [0.2, 0.25) is 0 Å². The van der Waals surface area contributed by atoms with Crippen molar-refractivity contribution < 1.29 is 44.9 Å². The van der Waals surface area contributed by atoms with E-state index in [4.69, 9.17) is 9.47 Å². The van der Waals surface area contributed by atoms with E-state index in [1.165, 1.54) is 11.1 Å². The molecule has 1 aliphatic heterocycles. The Labute approximate surface area is 191 Å². The van der Waals surface area contributed by atoms with Gasteiger partial charge >= 0.3 is 5.97 Å². The SMILES string of the molecule is C[C@]12CC[C@@H]3c4ccc(O)cc4CC[C@H]3[C@@H]1C[C@@H](OC1O[C@H](C(=O)O)[C@@H](O)[C@H](O)[C@H]1O)[C@@H]2O. The third-order valence-corrected chi connectivity index (χ3v) is 8.78. The molecule has 2 saturated carbocycles. The number of aromatic hydroxyl groups is 1. The van der Waals surface area contributed by atoms with E-state index < -0.39 is 54.3 Å². The fourth-order valence-corrected chi connectivity index (χ4v) is 7.00. The highest BCUT2D eigenvalue weighted by molar-refractivity contribution is 5.73. The first-order valence-electron chi connectivity index (χ1n) is 11.7. The minimum atomic E-state index is -1.78. The minimum absolute atomic E-state index is 0.157. The van der Waals surface area contributed by atoms with Gasteiger partial charge in [-0.2, -0.15) is 0 Å². The number of benzene rings is 1. The standard InChI is InChI=1S/C24H32O9/c1-24-7-6-13-12-5-3-11(25)8-10(12)2-4-14(13)15(24)9-16(21(24)29)32-23-19(28)17(26)18(27)20(33-23)22(30)31/h3,5,8,13-21,23,25-29H,2,4,6-7,9H2,1H3,(H,30,31)/t13-,14-,15+,16-,17+,18+,19-,20+,21+,23?,24+/m1/s1. The van der Waals surface area contributed by atoms with E-state index in [9.17, 15) is 35.4 Å². The zero-order chi connectivity index (χ0) is 23.7. The number of carbonyl (C=O) groups is 1. The number of carboxylic acids is 1. The van der Waals surface area contributed by atoms with Gasteiger partial charge in [0.15, 0.2) is 12.4 Å². The van der Waals surface area contributed by atoms with Gasteiger partial charge in [0, 0.05) is 0 Å². The Bertz CT molecular complexity index is 921. The number of fused-ring (bicyclic) bond motifs is 5. The van der Waals surface area contributed by atoms with E-state index >= 15 is 0 Å². The summed E-state index contributed by atoms with van der Waals surface area (Å²) < 4.78 is 11.2. The summed E-state index contributed by atoms with van der Waals surface area (Å²) >= 11 is 0. The van der Waals surface area contributed by atoms with E-state index in [2.05, 4.69) is 6.92 Å². The Morgan fingerprint density at radius 3 is 2.61 bits per heavy atom. The zero-order valence-corrected chi connectivity index (χ0v) is 18.4. The maximum absolute atomic E-state index is 11.4. The summed E-state index contributed by atoms with van der Waals surface area (Å²) in [5, 5.41) is 60.7. The first-order chi connectivity index (χ1) is 15.6. The minimum Gasteiger partial charge on any atom is -0.508 e. The third kappa shape index (κ3) is 3.57. The van der Waals surface area contributed by atoms with E-state index in [0.717, 1.165) is 25.7 Å². The second-order valence-corrected chi connectivity index (χ2v) is 10.4. The maximum atomic E-state index is 11.4. The van der Waals surface area contributed by atoms with Crippen molar-refractivity contribution >= 4 is 5.97 Å². The molecule has 0 bridgehead atoms. The van der Waals surface area contributed by atoms with Crippen LogP contribution in [0.25, 0.3) is 0 Å². The van der Waals surface area contributed by atoms with E-state index in [1.54, 1.807) is 6.07 Å². The first-order valence-corrected chi connectivity index (χ1v) is 11.7. The van der Waals surface area contributed by atoms with Gasteiger partial charge in [0.1, 0.15) is 24.1 Å². The molecular formula is C24H32O9. The summed E-state index contributed by atoms with van der Waals surface area (Å²) in [4.78, 5) is 11.4. The molecule has 33 heavy (non-hydrogen) atoms. The van der Waals surface area contributed by atoms with Crippen LogP contribution in [0.3, 0.4) is 0 Å². The van der Waals surface area contributed by atoms with Gasteiger partial charge in [-0.25, -0.2) is 4.79 Å². The van der Waals surface area contributed by atoms with Crippen LogP contribution in [0.5, 0.6) is 5.75 Å². The quantitative estimate of drug-likeness (QED) is 0.375. The van der Waals surface area contributed by atoms with Gasteiger partial charge in [0.05, 0.1) is 12.2 Å². The lowest BCUT2D eigenvalue weighted by atomic mass is 9.55. The molecule has 4 aliphatic rings. The molecule has 1 aromatic rings. The van der Waals surface area contributed by atoms with Gasteiger partial charge in [0.25, 0.3) is 0 Å². The number of rotatable bonds is 3. The second-order valence-electron chi connectivity index (χ2n) is 10.4. The average molecular weight is 465 g/mol. The number of phenolic OH excluding ortho intramolecular Hbond substituents is 1. The van der Waals surface area contributed by atoms with Crippen LogP contribution in [0.15, 0.2) is 18.2 Å². The molecule has 6 N–H and O–H groups in total.